The van der Waals surface area contributed by atoms with Crippen LogP contribution in [0.4, 0.5) is 22.0 Å². The van der Waals surface area contributed by atoms with Gasteiger partial charge < -0.3 is 0 Å². The molecule has 0 saturated heterocycles. The second-order valence-electron chi connectivity index (χ2n) is 7.19. The van der Waals surface area contributed by atoms with E-state index in [9.17, 15) is 26.7 Å². The number of unbranched alkanes of at least 4 members (excludes halogenated alkanes) is 3. The van der Waals surface area contributed by atoms with Gasteiger partial charge in [-0.05, 0) is 0 Å². The first-order chi connectivity index (χ1) is 13.2. The van der Waals surface area contributed by atoms with Crippen LogP contribution in [-0.4, -0.2) is 24.8 Å². The third-order valence-corrected chi connectivity index (χ3v) is 17.6. The molecule has 0 atom stereocenters. The summed E-state index contributed by atoms with van der Waals surface area (Å²) in [6.07, 6.45) is 4.57. The Labute approximate surface area is 168 Å². The minimum absolute atomic E-state index is 0.814. The van der Waals surface area contributed by atoms with Crippen molar-refractivity contribution in [3.63, 3.8) is 0 Å². The molecule has 0 spiro atoms. The van der Waals surface area contributed by atoms with Crippen molar-refractivity contribution in [3.8, 4) is 0 Å². The topological polar surface area (TPSA) is 26.3 Å². The number of rotatable bonds is 12. The summed E-state index contributed by atoms with van der Waals surface area (Å²) in [5.41, 5.74) is -1.12. The Morgan fingerprint density at radius 3 is 1.43 bits per heavy atom. The molecule has 0 aliphatic heterocycles. The molecule has 0 bridgehead atoms. The van der Waals surface area contributed by atoms with Crippen LogP contribution in [0, 0.1) is 29.1 Å². The van der Waals surface area contributed by atoms with Crippen LogP contribution in [-0.2, 0) is 14.3 Å². The monoisotopic (exact) mass is 516 g/mol. The standard InChI is InChI=1S/C8H3F5O2.3C4H9.Sn/c9-4-2(1-3(14)15)5(10)7(12)8(13)6(4)11;3*1-3-4-2;/h1H2,(H,14,15);3*1,3-4H2,2H3;/q;;;;+1/p-1. The summed E-state index contributed by atoms with van der Waals surface area (Å²) in [5, 5.41) is 0. The van der Waals surface area contributed by atoms with Gasteiger partial charge in [-0.3, -0.25) is 0 Å². The average molecular weight is 515 g/mol. The van der Waals surface area contributed by atoms with E-state index < -0.39 is 65.8 Å². The van der Waals surface area contributed by atoms with Crippen molar-refractivity contribution in [1.29, 1.82) is 0 Å². The average Bonchev–Trinajstić information content (AvgIpc) is 2.69. The molecule has 0 amide bonds. The van der Waals surface area contributed by atoms with Gasteiger partial charge in [-0.25, -0.2) is 0 Å². The van der Waals surface area contributed by atoms with E-state index >= 15 is 0 Å². The molecule has 0 aliphatic rings. The van der Waals surface area contributed by atoms with Crippen molar-refractivity contribution >= 4 is 24.8 Å². The van der Waals surface area contributed by atoms with Gasteiger partial charge in [0, 0.05) is 0 Å². The van der Waals surface area contributed by atoms with Crippen LogP contribution >= 0.6 is 0 Å². The van der Waals surface area contributed by atoms with E-state index in [0.717, 1.165) is 51.8 Å². The number of benzene rings is 1. The van der Waals surface area contributed by atoms with Crippen LogP contribution in [0.2, 0.25) is 13.3 Å². The zero-order valence-electron chi connectivity index (χ0n) is 16.8. The van der Waals surface area contributed by atoms with E-state index in [1.165, 1.54) is 0 Å². The molecule has 1 aromatic rings. The molecule has 0 radical (unpaired) electrons. The van der Waals surface area contributed by atoms with Crippen LogP contribution in [0.15, 0.2) is 0 Å². The quantitative estimate of drug-likeness (QED) is 0.132. The molecule has 0 fully saturated rings. The SMILES string of the molecule is CCC[CH2][Sn]([CH2]CCC)([CH2]CCC)[O]C(=O)Cc1c(F)c(F)c(F)c(F)c1F. The summed E-state index contributed by atoms with van der Waals surface area (Å²) < 4.78 is 76.1. The molecule has 0 aliphatic carbocycles. The van der Waals surface area contributed by atoms with Crippen LogP contribution in [0.3, 0.4) is 0 Å². The van der Waals surface area contributed by atoms with E-state index in [2.05, 4.69) is 0 Å². The van der Waals surface area contributed by atoms with E-state index in [-0.39, 0.29) is 0 Å². The van der Waals surface area contributed by atoms with E-state index in [1.54, 1.807) is 0 Å². The Balaban J connectivity index is 3.10. The Kier molecular flexibility index (Phi) is 10.8. The predicted octanol–water partition coefficient (Wildman–Crippen LogP) is 6.81. The molecule has 160 valence electrons. The van der Waals surface area contributed by atoms with Gasteiger partial charge in [0.25, 0.3) is 0 Å². The Morgan fingerprint density at radius 1 is 0.714 bits per heavy atom. The van der Waals surface area contributed by atoms with Gasteiger partial charge in [-0.2, -0.15) is 0 Å². The summed E-state index contributed by atoms with van der Waals surface area (Å²) in [7, 11) is 0. The second kappa shape index (κ2) is 12.0. The van der Waals surface area contributed by atoms with Crippen molar-refractivity contribution < 1.29 is 29.8 Å². The van der Waals surface area contributed by atoms with Gasteiger partial charge >= 0.3 is 168 Å². The van der Waals surface area contributed by atoms with Gasteiger partial charge in [-0.1, -0.05) is 0 Å². The van der Waals surface area contributed by atoms with Crippen molar-refractivity contribution in [2.24, 2.45) is 0 Å². The first-order valence-electron chi connectivity index (χ1n) is 9.95. The first-order valence-corrected chi connectivity index (χ1v) is 17.2. The van der Waals surface area contributed by atoms with Crippen molar-refractivity contribution in [2.45, 2.75) is 79.0 Å². The van der Waals surface area contributed by atoms with Crippen LogP contribution in [0.25, 0.3) is 0 Å². The normalized spacial score (nSPS) is 11.7. The minimum atomic E-state index is -3.39. The molecule has 1 aromatic carbocycles. The van der Waals surface area contributed by atoms with E-state index in [0.29, 0.717) is 0 Å². The molecule has 0 aromatic heterocycles. The second-order valence-corrected chi connectivity index (χ2v) is 18.8. The molecular formula is C20H29F5O2Sn. The van der Waals surface area contributed by atoms with Crippen LogP contribution in [0.1, 0.15) is 64.9 Å². The van der Waals surface area contributed by atoms with Gasteiger partial charge in [0.05, 0.1) is 0 Å². The van der Waals surface area contributed by atoms with Crippen LogP contribution < -0.4 is 0 Å². The molecule has 0 N–H and O–H groups in total. The molecular weight excluding hydrogens is 486 g/mol. The number of hydrogen-bond donors (Lipinski definition) is 0. The van der Waals surface area contributed by atoms with Gasteiger partial charge in [-0.15, -0.1) is 0 Å². The van der Waals surface area contributed by atoms with Crippen molar-refractivity contribution in [1.82, 2.24) is 0 Å². The third-order valence-electron chi connectivity index (χ3n) is 4.91. The van der Waals surface area contributed by atoms with E-state index in [1.807, 2.05) is 20.8 Å². The maximum absolute atomic E-state index is 13.9. The first kappa shape index (κ1) is 25.2. The van der Waals surface area contributed by atoms with E-state index in [4.69, 9.17) is 3.07 Å². The Hall–Kier alpha value is -0.861. The zero-order valence-corrected chi connectivity index (χ0v) is 19.6. The molecule has 0 heterocycles. The summed E-state index contributed by atoms with van der Waals surface area (Å²) in [6.45, 7) is 6.10. The number of halogens is 5. The van der Waals surface area contributed by atoms with Gasteiger partial charge in [0.2, 0.25) is 0 Å². The van der Waals surface area contributed by atoms with Gasteiger partial charge in [0.1, 0.15) is 0 Å². The van der Waals surface area contributed by atoms with Crippen molar-refractivity contribution in [3.05, 3.63) is 34.6 Å². The summed E-state index contributed by atoms with van der Waals surface area (Å²) in [5.74, 6) is -11.1. The maximum atomic E-state index is 13.9. The fraction of sp³-hybridized carbons (Fsp3) is 0.650. The third kappa shape index (κ3) is 6.59. The molecule has 8 heteroatoms. The summed E-state index contributed by atoms with van der Waals surface area (Å²) in [6, 6.07) is 0. The Bertz CT molecular complexity index is 616. The number of carbonyl (C=O) groups excluding carboxylic acids is 1. The van der Waals surface area contributed by atoms with Crippen molar-refractivity contribution in [2.75, 3.05) is 0 Å². The summed E-state index contributed by atoms with van der Waals surface area (Å²) >= 11 is -3.39. The molecule has 1 rings (SSSR count). The van der Waals surface area contributed by atoms with Crippen LogP contribution in [0.5, 0.6) is 0 Å². The van der Waals surface area contributed by atoms with Gasteiger partial charge in [0.15, 0.2) is 0 Å². The Morgan fingerprint density at radius 2 is 1.07 bits per heavy atom. The molecule has 2 nitrogen and oxygen atoms in total. The number of hydrogen-bond acceptors (Lipinski definition) is 2. The molecule has 28 heavy (non-hydrogen) atoms. The number of carbonyl (C=O) groups is 1. The fourth-order valence-corrected chi connectivity index (χ4v) is 16.4. The molecule has 0 unspecified atom stereocenters. The molecule has 0 saturated carbocycles. The predicted molar refractivity (Wildman–Crippen MR) is 101 cm³/mol. The summed E-state index contributed by atoms with van der Waals surface area (Å²) in [4.78, 5) is 12.5. The fourth-order valence-electron chi connectivity index (χ4n) is 3.25. The zero-order chi connectivity index (χ0) is 21.3.